The summed E-state index contributed by atoms with van der Waals surface area (Å²) in [6, 6.07) is 5.44. The van der Waals surface area contributed by atoms with E-state index in [4.69, 9.17) is 13.9 Å². The van der Waals surface area contributed by atoms with Gasteiger partial charge in [0.25, 0.3) is 0 Å². The molecule has 2 aromatic carbocycles. The van der Waals surface area contributed by atoms with Crippen LogP contribution in [0.5, 0.6) is 23.0 Å². The molecule has 12 heteroatoms. The summed E-state index contributed by atoms with van der Waals surface area (Å²) < 4.78 is 16.6. The second kappa shape index (κ2) is 9.07. The van der Waals surface area contributed by atoms with Crippen molar-refractivity contribution in [3.8, 4) is 34.3 Å². The van der Waals surface area contributed by atoms with Crippen LogP contribution in [0.2, 0.25) is 0 Å². The Morgan fingerprint density at radius 3 is 2.31 bits per heavy atom. The maximum Gasteiger partial charge on any atom is 0.303 e. The van der Waals surface area contributed by atoms with Crippen molar-refractivity contribution in [3.05, 3.63) is 46.1 Å². The summed E-state index contributed by atoms with van der Waals surface area (Å²) in [5.41, 5.74) is -1.32. The molecule has 3 aromatic rings. The lowest BCUT2D eigenvalue weighted by Crippen LogP contribution is -2.56. The van der Waals surface area contributed by atoms with E-state index >= 15 is 0 Å². The molecular weight excluding hydrogens is 468 g/mol. The highest BCUT2D eigenvalue weighted by molar-refractivity contribution is 5.89. The zero-order chi connectivity index (χ0) is 25.6. The molecule has 12 nitrogen and oxygen atoms in total. The molecule has 0 spiro atoms. The number of aliphatic hydroxyl groups is 3. The number of rotatable bonds is 4. The highest BCUT2D eigenvalue weighted by Crippen LogP contribution is 2.44. The molecule has 0 bridgehead atoms. The van der Waals surface area contributed by atoms with Crippen molar-refractivity contribution in [1.82, 2.24) is 0 Å². The van der Waals surface area contributed by atoms with Crippen LogP contribution < -0.4 is 5.43 Å². The first-order valence-electron chi connectivity index (χ1n) is 10.4. The summed E-state index contributed by atoms with van der Waals surface area (Å²) in [4.78, 5) is 24.6. The van der Waals surface area contributed by atoms with E-state index in [9.17, 15) is 45.3 Å². The third-order valence-corrected chi connectivity index (χ3v) is 5.71. The molecule has 7 N–H and O–H groups in total. The topological polar surface area (TPSA) is 207 Å². The van der Waals surface area contributed by atoms with Crippen molar-refractivity contribution in [1.29, 1.82) is 0 Å². The van der Waals surface area contributed by atoms with Crippen molar-refractivity contribution < 1.29 is 54.4 Å². The zero-order valence-corrected chi connectivity index (χ0v) is 18.2. The Labute approximate surface area is 196 Å². The molecular formula is C23H22O12. The number of phenolic OH excluding ortho intramolecular Hbond substituents is 4. The summed E-state index contributed by atoms with van der Waals surface area (Å²) in [7, 11) is 0. The summed E-state index contributed by atoms with van der Waals surface area (Å²) >= 11 is 0. The molecule has 5 atom stereocenters. The molecule has 1 saturated heterocycles. The second-order valence-corrected chi connectivity index (χ2v) is 8.04. The molecule has 1 fully saturated rings. The second-order valence-electron chi connectivity index (χ2n) is 8.04. The first-order valence-corrected chi connectivity index (χ1v) is 10.4. The van der Waals surface area contributed by atoms with E-state index in [-0.39, 0.29) is 22.3 Å². The third kappa shape index (κ3) is 4.23. The molecule has 186 valence electrons. The normalized spacial score (nSPS) is 24.4. The molecule has 1 aliphatic rings. The van der Waals surface area contributed by atoms with Crippen LogP contribution in [-0.4, -0.2) is 72.7 Å². The Morgan fingerprint density at radius 1 is 0.971 bits per heavy atom. The van der Waals surface area contributed by atoms with Crippen LogP contribution in [0.15, 0.2) is 39.5 Å². The Morgan fingerprint density at radius 2 is 1.69 bits per heavy atom. The first kappa shape index (κ1) is 24.3. The van der Waals surface area contributed by atoms with Gasteiger partial charge in [-0.15, -0.1) is 0 Å². The van der Waals surface area contributed by atoms with Crippen molar-refractivity contribution in [3.63, 3.8) is 0 Å². The van der Waals surface area contributed by atoms with E-state index < -0.39 is 77.1 Å². The Balaban J connectivity index is 1.99. The van der Waals surface area contributed by atoms with Crippen LogP contribution in [0.4, 0.5) is 0 Å². The van der Waals surface area contributed by atoms with Gasteiger partial charge in [0.05, 0.1) is 12.2 Å². The number of hydrogen-bond donors (Lipinski definition) is 7. The molecule has 1 aromatic heterocycles. The van der Waals surface area contributed by atoms with Gasteiger partial charge in [0, 0.05) is 24.6 Å². The van der Waals surface area contributed by atoms with Gasteiger partial charge in [-0.2, -0.15) is 0 Å². The van der Waals surface area contributed by atoms with Crippen LogP contribution in [0.25, 0.3) is 22.3 Å². The number of benzene rings is 2. The average molecular weight is 490 g/mol. The van der Waals surface area contributed by atoms with E-state index in [0.717, 1.165) is 31.2 Å². The van der Waals surface area contributed by atoms with Crippen LogP contribution in [0.1, 0.15) is 18.6 Å². The van der Waals surface area contributed by atoms with Gasteiger partial charge in [-0.3, -0.25) is 9.59 Å². The number of esters is 1. The maximum absolute atomic E-state index is 12.9. The maximum atomic E-state index is 12.9. The van der Waals surface area contributed by atoms with Crippen LogP contribution in [0, 0.1) is 0 Å². The van der Waals surface area contributed by atoms with Gasteiger partial charge in [0.15, 0.2) is 28.6 Å². The van der Waals surface area contributed by atoms with E-state index in [2.05, 4.69) is 0 Å². The van der Waals surface area contributed by atoms with Gasteiger partial charge in [0.2, 0.25) is 0 Å². The monoisotopic (exact) mass is 490 g/mol. The molecule has 4 rings (SSSR count). The zero-order valence-electron chi connectivity index (χ0n) is 18.2. The largest absolute Gasteiger partial charge is 0.507 e. The number of fused-ring (bicyclic) bond motifs is 1. The number of aromatic hydroxyl groups is 4. The van der Waals surface area contributed by atoms with Crippen LogP contribution >= 0.6 is 0 Å². The molecule has 0 saturated carbocycles. The van der Waals surface area contributed by atoms with Gasteiger partial charge in [0.1, 0.15) is 47.1 Å². The van der Waals surface area contributed by atoms with Crippen molar-refractivity contribution >= 4 is 16.9 Å². The third-order valence-electron chi connectivity index (χ3n) is 5.71. The standard InChI is InChI=1S/C23H22O12/c1-8(25)33-23-20(32)19(31)16(7-24)35-22(23)18-13(29)5-12(28)17-14(30)6-15(34-21(17)18)9-2-3-10(26)11(27)4-9/h2-6,16,19-20,22-24,26-29,31-32H,7H2,1H3/t16-,19-,20-,22+,23-/m0/s1. The smallest absolute Gasteiger partial charge is 0.303 e. The minimum atomic E-state index is -1.76. The number of carbonyl (C=O) groups is 1. The fourth-order valence-corrected chi connectivity index (χ4v) is 4.06. The van der Waals surface area contributed by atoms with E-state index in [1.807, 2.05) is 0 Å². The molecule has 0 aliphatic carbocycles. The lowest BCUT2D eigenvalue weighted by molar-refractivity contribution is -0.240. The number of phenols is 4. The Hall–Kier alpha value is -3.84. The van der Waals surface area contributed by atoms with E-state index in [1.165, 1.54) is 6.07 Å². The van der Waals surface area contributed by atoms with Crippen molar-refractivity contribution in [2.75, 3.05) is 6.61 Å². The first-order chi connectivity index (χ1) is 16.5. The number of aliphatic hydroxyl groups excluding tert-OH is 3. The lowest BCUT2D eigenvalue weighted by Gasteiger charge is -2.41. The summed E-state index contributed by atoms with van der Waals surface area (Å²) in [6.07, 6.45) is -7.94. The highest BCUT2D eigenvalue weighted by atomic mass is 16.6. The van der Waals surface area contributed by atoms with Gasteiger partial charge in [-0.05, 0) is 18.2 Å². The minimum Gasteiger partial charge on any atom is -0.507 e. The Bertz CT molecular complexity index is 1350. The average Bonchev–Trinajstić information content (AvgIpc) is 2.79. The fourth-order valence-electron chi connectivity index (χ4n) is 4.06. The molecule has 2 heterocycles. The molecule has 1 aliphatic heterocycles. The Kier molecular flexibility index (Phi) is 6.30. The van der Waals surface area contributed by atoms with Gasteiger partial charge in [-0.25, -0.2) is 0 Å². The van der Waals surface area contributed by atoms with Crippen molar-refractivity contribution in [2.45, 2.75) is 37.4 Å². The highest BCUT2D eigenvalue weighted by Gasteiger charge is 2.48. The summed E-state index contributed by atoms with van der Waals surface area (Å²) in [5, 5.41) is 70.5. The van der Waals surface area contributed by atoms with Gasteiger partial charge < -0.3 is 49.6 Å². The number of carbonyl (C=O) groups excluding carboxylic acids is 1. The summed E-state index contributed by atoms with van der Waals surface area (Å²) in [5.74, 6) is -3.22. The fraction of sp³-hybridized carbons (Fsp3) is 0.304. The SMILES string of the molecule is CC(=O)O[C@H]1[C@@H](O)[C@@H](O)[C@H](CO)O[C@@H]1c1c(O)cc(O)c2c(=O)cc(-c3ccc(O)c(O)c3)oc12. The van der Waals surface area contributed by atoms with Gasteiger partial charge >= 0.3 is 5.97 Å². The summed E-state index contributed by atoms with van der Waals surface area (Å²) in [6.45, 7) is 0.291. The molecule has 0 radical (unpaired) electrons. The molecule has 35 heavy (non-hydrogen) atoms. The quantitative estimate of drug-likeness (QED) is 0.195. The van der Waals surface area contributed by atoms with Gasteiger partial charge in [-0.1, -0.05) is 0 Å². The van der Waals surface area contributed by atoms with Crippen LogP contribution in [-0.2, 0) is 14.3 Å². The molecule has 0 amide bonds. The number of ether oxygens (including phenoxy) is 2. The predicted molar refractivity (Wildman–Crippen MR) is 117 cm³/mol. The van der Waals surface area contributed by atoms with E-state index in [0.29, 0.717) is 0 Å². The predicted octanol–water partition coefficient (Wildman–Crippen LogP) is 0.368. The minimum absolute atomic E-state index is 0.136. The van der Waals surface area contributed by atoms with Crippen molar-refractivity contribution in [2.24, 2.45) is 0 Å². The van der Waals surface area contributed by atoms with Crippen LogP contribution in [0.3, 0.4) is 0 Å². The lowest BCUT2D eigenvalue weighted by atomic mass is 9.89. The molecule has 0 unspecified atom stereocenters. The van der Waals surface area contributed by atoms with E-state index in [1.54, 1.807) is 0 Å². The number of hydrogen-bond acceptors (Lipinski definition) is 12.